The van der Waals surface area contributed by atoms with E-state index in [-0.39, 0.29) is 5.41 Å². The van der Waals surface area contributed by atoms with Gasteiger partial charge in [-0.25, -0.2) is 0 Å². The molecule has 0 atom stereocenters. The van der Waals surface area contributed by atoms with Gasteiger partial charge in [-0.2, -0.15) is 0 Å². The molecule has 0 saturated carbocycles. The highest BCUT2D eigenvalue weighted by Gasteiger charge is 2.35. The Morgan fingerprint density at radius 3 is 1.43 bits per heavy atom. The van der Waals surface area contributed by atoms with Gasteiger partial charge in [0.1, 0.15) is 0 Å². The number of hydrogen-bond donors (Lipinski definition) is 1. The van der Waals surface area contributed by atoms with Gasteiger partial charge in [0.15, 0.2) is 0 Å². The molecule has 2 nitrogen and oxygen atoms in total. The van der Waals surface area contributed by atoms with Crippen LogP contribution in [0.4, 0.5) is 17.1 Å². The molecule has 1 N–H and O–H groups in total. The first-order valence-electron chi connectivity index (χ1n) is 22.6. The monoisotopic (exact) mass is 830 g/mol. The molecule has 1 aliphatic rings. The maximum Gasteiger partial charge on any atom is 0.0544 e. The first kappa shape index (κ1) is 38.5. The molecular weight excluding hydrogens is 785 g/mol. The Morgan fingerprint density at radius 1 is 0.308 bits per heavy atom. The molecule has 1 heterocycles. The average molecular weight is 831 g/mol. The van der Waals surface area contributed by atoms with Crippen LogP contribution >= 0.6 is 0 Å². The molecule has 2 heteroatoms. The van der Waals surface area contributed by atoms with Crippen molar-refractivity contribution in [2.45, 2.75) is 19.3 Å². The van der Waals surface area contributed by atoms with Crippen LogP contribution in [-0.2, 0) is 5.41 Å². The molecule has 0 fully saturated rings. The van der Waals surface area contributed by atoms with Crippen molar-refractivity contribution < 1.29 is 0 Å². The second kappa shape index (κ2) is 15.6. The number of rotatable bonds is 8. The highest BCUT2D eigenvalue weighted by atomic mass is 15.1. The topological polar surface area (TPSA) is 19.0 Å². The predicted octanol–water partition coefficient (Wildman–Crippen LogP) is 17.4. The molecule has 0 aliphatic heterocycles. The van der Waals surface area contributed by atoms with E-state index in [4.69, 9.17) is 0 Å². The first-order chi connectivity index (χ1) is 32.0. The lowest BCUT2D eigenvalue weighted by molar-refractivity contribution is 0.660. The minimum absolute atomic E-state index is 0.0839. The fourth-order valence-corrected chi connectivity index (χ4v) is 10.2. The number of fused-ring (bicyclic) bond motifs is 6. The summed E-state index contributed by atoms with van der Waals surface area (Å²) >= 11 is 0. The molecule has 11 aromatic rings. The summed E-state index contributed by atoms with van der Waals surface area (Å²) in [7, 11) is 0. The standard InChI is InChI=1S/C63H46N2/c1-63(2)59-38-30-48(40-58(59)55-37-29-49(41-60(55)63)43-15-7-4-8-16-43)46-27-35-53(36-28-46)65(51-31-23-44(24-32-51)42-13-5-3-6-14-42)52-33-25-45(26-34-52)47-17-11-18-50(39-47)54-20-12-21-57-56-19-9-10-22-61(56)64-62(54)57/h3-41,64H,1-2H3. The first-order valence-corrected chi connectivity index (χ1v) is 22.6. The molecule has 0 radical (unpaired) electrons. The fraction of sp³-hybridized carbons (Fsp3) is 0.0476. The summed E-state index contributed by atoms with van der Waals surface area (Å²) in [6, 6.07) is 86.4. The summed E-state index contributed by atoms with van der Waals surface area (Å²) in [5.74, 6) is 0. The highest BCUT2D eigenvalue weighted by Crippen LogP contribution is 2.51. The molecule has 12 rings (SSSR count). The summed E-state index contributed by atoms with van der Waals surface area (Å²) < 4.78 is 0. The van der Waals surface area contributed by atoms with Crippen molar-refractivity contribution in [1.29, 1.82) is 0 Å². The maximum absolute atomic E-state index is 3.70. The summed E-state index contributed by atoms with van der Waals surface area (Å²) in [4.78, 5) is 6.06. The molecule has 1 aromatic heterocycles. The zero-order valence-corrected chi connectivity index (χ0v) is 36.5. The van der Waals surface area contributed by atoms with Crippen molar-refractivity contribution in [3.63, 3.8) is 0 Å². The van der Waals surface area contributed by atoms with E-state index < -0.39 is 0 Å². The number of anilines is 3. The summed E-state index contributed by atoms with van der Waals surface area (Å²) in [6.07, 6.45) is 0. The molecule has 10 aromatic carbocycles. The van der Waals surface area contributed by atoms with E-state index in [1.807, 2.05) is 0 Å². The van der Waals surface area contributed by atoms with E-state index >= 15 is 0 Å². The number of nitrogens with zero attached hydrogens (tertiary/aromatic N) is 1. The lowest BCUT2D eigenvalue weighted by atomic mass is 9.81. The number of H-pyrrole nitrogens is 1. The van der Waals surface area contributed by atoms with Crippen LogP contribution in [0.5, 0.6) is 0 Å². The van der Waals surface area contributed by atoms with E-state index in [0.717, 1.165) is 22.6 Å². The lowest BCUT2D eigenvalue weighted by Gasteiger charge is -2.26. The number of nitrogens with one attached hydrogen (secondary N) is 1. The summed E-state index contributed by atoms with van der Waals surface area (Å²) in [6.45, 7) is 4.72. The fourth-order valence-electron chi connectivity index (χ4n) is 10.2. The Kier molecular flexibility index (Phi) is 9.21. The SMILES string of the molecule is CC1(C)c2ccc(-c3ccc(N(c4ccc(-c5ccccc5)cc4)c4ccc(-c5cccc(-c6cccc7c6[nH]c6ccccc67)c5)cc4)cc3)cc2-c2ccc(-c3ccccc3)cc21. The molecule has 65 heavy (non-hydrogen) atoms. The van der Waals surface area contributed by atoms with Crippen molar-refractivity contribution in [3.8, 4) is 66.8 Å². The third-order valence-electron chi connectivity index (χ3n) is 13.6. The van der Waals surface area contributed by atoms with Crippen molar-refractivity contribution >= 4 is 38.9 Å². The highest BCUT2D eigenvalue weighted by molar-refractivity contribution is 6.12. The number of hydrogen-bond acceptors (Lipinski definition) is 1. The zero-order valence-electron chi connectivity index (χ0n) is 36.5. The molecule has 0 saturated heterocycles. The number of aromatic amines is 1. The van der Waals surface area contributed by atoms with Crippen LogP contribution in [-0.4, -0.2) is 4.98 Å². The van der Waals surface area contributed by atoms with Gasteiger partial charge in [-0.3, -0.25) is 0 Å². The van der Waals surface area contributed by atoms with Gasteiger partial charge in [0, 0.05) is 44.3 Å². The van der Waals surface area contributed by atoms with Crippen LogP contribution in [0.3, 0.4) is 0 Å². The van der Waals surface area contributed by atoms with E-state index in [2.05, 4.69) is 260 Å². The Bertz CT molecular complexity index is 3520. The second-order valence-corrected chi connectivity index (χ2v) is 17.8. The third-order valence-corrected chi connectivity index (χ3v) is 13.6. The number of benzene rings is 10. The van der Waals surface area contributed by atoms with Crippen molar-refractivity contribution in [2.24, 2.45) is 0 Å². The van der Waals surface area contributed by atoms with Crippen LogP contribution in [0, 0.1) is 0 Å². The zero-order chi connectivity index (χ0) is 43.5. The third kappa shape index (κ3) is 6.74. The van der Waals surface area contributed by atoms with Crippen LogP contribution < -0.4 is 4.90 Å². The van der Waals surface area contributed by atoms with Crippen molar-refractivity contribution in [2.75, 3.05) is 4.90 Å². The van der Waals surface area contributed by atoms with Gasteiger partial charge >= 0.3 is 0 Å². The van der Waals surface area contributed by atoms with Gasteiger partial charge in [0.25, 0.3) is 0 Å². The minimum atomic E-state index is -0.0839. The Hall–Kier alpha value is -8.20. The Labute approximate surface area is 380 Å². The molecular formula is C63H46N2. The lowest BCUT2D eigenvalue weighted by Crippen LogP contribution is -2.15. The van der Waals surface area contributed by atoms with Crippen LogP contribution in [0.15, 0.2) is 237 Å². The summed E-state index contributed by atoms with van der Waals surface area (Å²) in [5.41, 5.74) is 23.1. The van der Waals surface area contributed by atoms with Gasteiger partial charge in [0.2, 0.25) is 0 Å². The summed E-state index contributed by atoms with van der Waals surface area (Å²) in [5, 5.41) is 2.50. The Morgan fingerprint density at radius 2 is 0.769 bits per heavy atom. The number of aromatic nitrogens is 1. The smallest absolute Gasteiger partial charge is 0.0544 e. The second-order valence-electron chi connectivity index (χ2n) is 17.8. The normalized spacial score (nSPS) is 12.6. The van der Waals surface area contributed by atoms with Gasteiger partial charge in [-0.05, 0) is 133 Å². The largest absolute Gasteiger partial charge is 0.354 e. The molecule has 308 valence electrons. The molecule has 0 spiro atoms. The van der Waals surface area contributed by atoms with Gasteiger partial charge in [-0.1, -0.05) is 190 Å². The van der Waals surface area contributed by atoms with Gasteiger partial charge in [0.05, 0.1) is 5.52 Å². The van der Waals surface area contributed by atoms with Gasteiger partial charge < -0.3 is 9.88 Å². The van der Waals surface area contributed by atoms with E-state index in [1.165, 1.54) is 94.2 Å². The van der Waals surface area contributed by atoms with Crippen LogP contribution in [0.25, 0.3) is 88.6 Å². The van der Waals surface area contributed by atoms with Crippen molar-refractivity contribution in [1.82, 2.24) is 4.98 Å². The van der Waals surface area contributed by atoms with E-state index in [9.17, 15) is 0 Å². The van der Waals surface area contributed by atoms with Crippen LogP contribution in [0.2, 0.25) is 0 Å². The van der Waals surface area contributed by atoms with E-state index in [0.29, 0.717) is 0 Å². The molecule has 0 bridgehead atoms. The minimum Gasteiger partial charge on any atom is -0.354 e. The van der Waals surface area contributed by atoms with Gasteiger partial charge in [-0.15, -0.1) is 0 Å². The predicted molar refractivity (Wildman–Crippen MR) is 275 cm³/mol. The van der Waals surface area contributed by atoms with Crippen molar-refractivity contribution in [3.05, 3.63) is 248 Å². The number of para-hydroxylation sites is 2. The Balaban J connectivity index is 0.882. The quantitative estimate of drug-likeness (QED) is 0.162. The van der Waals surface area contributed by atoms with Crippen LogP contribution in [0.1, 0.15) is 25.0 Å². The molecule has 0 amide bonds. The molecule has 0 unspecified atom stereocenters. The van der Waals surface area contributed by atoms with E-state index in [1.54, 1.807) is 0 Å². The average Bonchev–Trinajstić information content (AvgIpc) is 3.86. The molecule has 1 aliphatic carbocycles. The maximum atomic E-state index is 3.70.